The first kappa shape index (κ1) is 16.1. The first-order valence-corrected chi connectivity index (χ1v) is 8.18. The molecule has 2 aliphatic rings. The minimum Gasteiger partial charge on any atom is -0.372 e. The van der Waals surface area contributed by atoms with Crippen molar-refractivity contribution in [3.8, 4) is 0 Å². The summed E-state index contributed by atoms with van der Waals surface area (Å²) in [6, 6.07) is 7.58. The van der Waals surface area contributed by atoms with Crippen molar-refractivity contribution < 1.29 is 14.3 Å². The molecule has 1 aromatic rings. The van der Waals surface area contributed by atoms with Crippen molar-refractivity contribution in [1.82, 2.24) is 0 Å². The second-order valence-electron chi connectivity index (χ2n) is 7.92. The fourth-order valence-corrected chi connectivity index (χ4v) is 4.03. The maximum Gasteiger partial charge on any atom is 0.191 e. The average Bonchev–Trinajstić information content (AvgIpc) is 3.03. The van der Waals surface area contributed by atoms with Crippen LogP contribution in [0, 0.1) is 17.8 Å². The molecule has 0 aromatic heterocycles. The molecular weight excluding hydrogens is 288 g/mol. The topological polar surface area (TPSA) is 43.4 Å². The van der Waals surface area contributed by atoms with E-state index in [1.165, 1.54) is 0 Å². The highest BCUT2D eigenvalue weighted by Gasteiger charge is 2.51. The highest BCUT2D eigenvalue weighted by atomic mass is 16.5. The Balaban J connectivity index is 2.00. The summed E-state index contributed by atoms with van der Waals surface area (Å²) >= 11 is 0. The molecule has 1 fully saturated rings. The molecule has 0 amide bonds. The van der Waals surface area contributed by atoms with E-state index < -0.39 is 5.41 Å². The van der Waals surface area contributed by atoms with Crippen molar-refractivity contribution in [2.75, 3.05) is 13.2 Å². The van der Waals surface area contributed by atoms with Crippen LogP contribution in [-0.4, -0.2) is 24.8 Å². The van der Waals surface area contributed by atoms with E-state index in [4.69, 9.17) is 4.74 Å². The van der Waals surface area contributed by atoms with Gasteiger partial charge in [0.15, 0.2) is 5.78 Å². The Labute approximate surface area is 137 Å². The third-order valence-corrected chi connectivity index (χ3v) is 5.20. The molecule has 1 saturated carbocycles. The molecule has 3 nitrogen and oxygen atoms in total. The molecule has 1 atom stereocenters. The van der Waals surface area contributed by atoms with Crippen molar-refractivity contribution in [3.63, 3.8) is 0 Å². The smallest absolute Gasteiger partial charge is 0.191 e. The largest absolute Gasteiger partial charge is 0.372 e. The zero-order chi connectivity index (χ0) is 16.8. The van der Waals surface area contributed by atoms with Crippen molar-refractivity contribution >= 4 is 11.6 Å². The second-order valence-corrected chi connectivity index (χ2v) is 7.92. The summed E-state index contributed by atoms with van der Waals surface area (Å²) in [5.41, 5.74) is 2.80. The number of rotatable bonds is 3. The van der Waals surface area contributed by atoms with Gasteiger partial charge in [-0.2, -0.15) is 0 Å². The van der Waals surface area contributed by atoms with Crippen molar-refractivity contribution in [2.24, 2.45) is 10.8 Å². The lowest BCUT2D eigenvalue weighted by atomic mass is 9.75. The molecule has 0 saturated heterocycles. The lowest BCUT2D eigenvalue weighted by Gasteiger charge is -2.27. The van der Waals surface area contributed by atoms with Crippen LogP contribution in [0.1, 0.15) is 49.5 Å². The van der Waals surface area contributed by atoms with Gasteiger partial charge in [-0.25, -0.2) is 0 Å². The van der Waals surface area contributed by atoms with Gasteiger partial charge in [0.2, 0.25) is 0 Å². The van der Waals surface area contributed by atoms with E-state index in [1.54, 1.807) is 0 Å². The second kappa shape index (κ2) is 5.41. The van der Waals surface area contributed by atoms with Gasteiger partial charge in [0.1, 0.15) is 5.78 Å². The van der Waals surface area contributed by atoms with E-state index in [2.05, 4.69) is 13.8 Å². The number of ether oxygens (including phenoxy) is 1. The van der Waals surface area contributed by atoms with Gasteiger partial charge >= 0.3 is 0 Å². The van der Waals surface area contributed by atoms with Gasteiger partial charge < -0.3 is 4.74 Å². The van der Waals surface area contributed by atoms with Gasteiger partial charge in [0, 0.05) is 17.6 Å². The van der Waals surface area contributed by atoms with Crippen LogP contribution in [0.25, 0.3) is 0 Å². The lowest BCUT2D eigenvalue weighted by molar-refractivity contribution is -0.123. The Hall–Kier alpha value is -1.74. The maximum atomic E-state index is 12.9. The van der Waals surface area contributed by atoms with Gasteiger partial charge in [-0.15, -0.1) is 0 Å². The molecule has 1 heterocycles. The first-order chi connectivity index (χ1) is 10.7. The number of Topliss-reactive ketones (excluding diaryl/α,β-unsaturated/α-hetero) is 2. The zero-order valence-corrected chi connectivity index (χ0v) is 14.4. The normalized spacial score (nSPS) is 26.9. The standard InChI is InChI=1S/C20H24O3/c1-13-5-7-14(8-6-13)18(22)15-10-23-11-16(15)20(4)12-19(2,3)9-17(20)21/h5-8H,9-12H2,1-4H3. The summed E-state index contributed by atoms with van der Waals surface area (Å²) < 4.78 is 5.58. The molecule has 122 valence electrons. The number of aryl methyl sites for hydroxylation is 1. The van der Waals surface area contributed by atoms with Crippen LogP contribution < -0.4 is 0 Å². The molecule has 3 rings (SSSR count). The summed E-state index contributed by atoms with van der Waals surface area (Å²) in [7, 11) is 0. The molecule has 0 bridgehead atoms. The number of benzene rings is 1. The molecule has 1 aliphatic heterocycles. The van der Waals surface area contributed by atoms with E-state index in [0.29, 0.717) is 30.8 Å². The molecule has 1 aromatic carbocycles. The van der Waals surface area contributed by atoms with Gasteiger partial charge in [-0.3, -0.25) is 9.59 Å². The molecule has 23 heavy (non-hydrogen) atoms. The number of ketones is 2. The Morgan fingerprint density at radius 2 is 1.74 bits per heavy atom. The minimum atomic E-state index is -0.560. The van der Waals surface area contributed by atoms with Crippen LogP contribution in [-0.2, 0) is 9.53 Å². The van der Waals surface area contributed by atoms with Gasteiger partial charge in [0.25, 0.3) is 0 Å². The molecule has 1 unspecified atom stereocenters. The van der Waals surface area contributed by atoms with Crippen LogP contribution in [0.2, 0.25) is 0 Å². The summed E-state index contributed by atoms with van der Waals surface area (Å²) in [6.45, 7) is 8.92. The Bertz CT molecular complexity index is 694. The Kier molecular flexibility index (Phi) is 3.80. The highest BCUT2D eigenvalue weighted by Crippen LogP contribution is 2.52. The Morgan fingerprint density at radius 3 is 2.30 bits per heavy atom. The number of carbonyl (C=O) groups excluding carboxylic acids is 2. The number of hydrogen-bond acceptors (Lipinski definition) is 3. The predicted molar refractivity (Wildman–Crippen MR) is 89.5 cm³/mol. The summed E-state index contributed by atoms with van der Waals surface area (Å²) in [6.07, 6.45) is 1.35. The third kappa shape index (κ3) is 2.78. The van der Waals surface area contributed by atoms with Gasteiger partial charge in [0.05, 0.1) is 18.6 Å². The van der Waals surface area contributed by atoms with E-state index in [0.717, 1.165) is 17.6 Å². The monoisotopic (exact) mass is 312 g/mol. The van der Waals surface area contributed by atoms with Crippen LogP contribution in [0.4, 0.5) is 0 Å². The number of carbonyl (C=O) groups is 2. The summed E-state index contributed by atoms with van der Waals surface area (Å²) in [5.74, 6) is 0.230. The first-order valence-electron chi connectivity index (χ1n) is 8.18. The van der Waals surface area contributed by atoms with Gasteiger partial charge in [-0.1, -0.05) is 43.7 Å². The molecule has 0 N–H and O–H groups in total. The van der Waals surface area contributed by atoms with Crippen molar-refractivity contribution in [2.45, 2.75) is 40.5 Å². The predicted octanol–water partition coefficient (Wildman–Crippen LogP) is 3.90. The fraction of sp³-hybridized carbons (Fsp3) is 0.500. The van der Waals surface area contributed by atoms with E-state index in [9.17, 15) is 9.59 Å². The maximum absolute atomic E-state index is 12.9. The van der Waals surface area contributed by atoms with Crippen LogP contribution in [0.15, 0.2) is 35.4 Å². The van der Waals surface area contributed by atoms with E-state index >= 15 is 0 Å². The SMILES string of the molecule is Cc1ccc(C(=O)C2=C(C3(C)CC(C)(C)CC3=O)COC2)cc1. The quantitative estimate of drug-likeness (QED) is 0.795. The van der Waals surface area contributed by atoms with Crippen molar-refractivity contribution in [1.29, 1.82) is 0 Å². The van der Waals surface area contributed by atoms with Crippen LogP contribution in [0.5, 0.6) is 0 Å². The molecule has 0 radical (unpaired) electrons. The van der Waals surface area contributed by atoms with Gasteiger partial charge in [-0.05, 0) is 31.3 Å². The summed E-state index contributed by atoms with van der Waals surface area (Å²) in [4.78, 5) is 25.5. The molecular formula is C20H24O3. The molecule has 0 spiro atoms. The van der Waals surface area contributed by atoms with E-state index in [1.807, 2.05) is 38.1 Å². The minimum absolute atomic E-state index is 0.00349. The molecule has 1 aliphatic carbocycles. The fourth-order valence-electron chi connectivity index (χ4n) is 4.03. The van der Waals surface area contributed by atoms with E-state index in [-0.39, 0.29) is 17.0 Å². The van der Waals surface area contributed by atoms with Crippen LogP contribution >= 0.6 is 0 Å². The number of hydrogen-bond donors (Lipinski definition) is 0. The average molecular weight is 312 g/mol. The third-order valence-electron chi connectivity index (χ3n) is 5.20. The lowest BCUT2D eigenvalue weighted by Crippen LogP contribution is -2.27. The zero-order valence-electron chi connectivity index (χ0n) is 14.4. The Morgan fingerprint density at radius 1 is 1.09 bits per heavy atom. The molecule has 3 heteroatoms. The highest BCUT2D eigenvalue weighted by molar-refractivity contribution is 6.10. The van der Waals surface area contributed by atoms with Crippen LogP contribution in [0.3, 0.4) is 0 Å². The van der Waals surface area contributed by atoms with Crippen molar-refractivity contribution in [3.05, 3.63) is 46.5 Å². The summed E-state index contributed by atoms with van der Waals surface area (Å²) in [5, 5.41) is 0.